The zero-order valence-corrected chi connectivity index (χ0v) is 13.4. The number of sulfonamides is 1. The van der Waals surface area contributed by atoms with E-state index in [1.807, 2.05) is 0 Å². The predicted molar refractivity (Wildman–Crippen MR) is 84.1 cm³/mol. The third-order valence-corrected chi connectivity index (χ3v) is 4.95. The minimum absolute atomic E-state index is 0.0206. The Balaban J connectivity index is 1.92. The molecule has 0 fully saturated rings. The van der Waals surface area contributed by atoms with Gasteiger partial charge in [0.25, 0.3) is 15.8 Å². The van der Waals surface area contributed by atoms with Crippen molar-refractivity contribution in [1.29, 1.82) is 0 Å². The van der Waals surface area contributed by atoms with E-state index in [2.05, 4.69) is 9.71 Å². The molecule has 0 saturated carbocycles. The number of aliphatic hydroxyl groups is 1. The fourth-order valence-corrected chi connectivity index (χ4v) is 3.31. The second-order valence-electron chi connectivity index (χ2n) is 5.28. The van der Waals surface area contributed by atoms with Crippen molar-refractivity contribution < 1.29 is 23.1 Å². The van der Waals surface area contributed by atoms with Crippen LogP contribution < -0.4 is 4.72 Å². The Morgan fingerprint density at radius 2 is 1.79 bits per heavy atom. The highest BCUT2D eigenvalue weighted by Gasteiger charge is 2.49. The number of aliphatic hydroxyl groups excluding tert-OH is 1. The number of carbonyl (C=O) groups is 1. The summed E-state index contributed by atoms with van der Waals surface area (Å²) in [6.45, 7) is 1.41. The van der Waals surface area contributed by atoms with Crippen molar-refractivity contribution in [2.45, 2.75) is 17.4 Å². The lowest BCUT2D eigenvalue weighted by Gasteiger charge is -2.22. The number of aromatic nitrogens is 1. The molecule has 2 heterocycles. The van der Waals surface area contributed by atoms with E-state index in [9.17, 15) is 18.3 Å². The number of benzene rings is 1. The van der Waals surface area contributed by atoms with Gasteiger partial charge in [-0.25, -0.2) is 13.1 Å². The maximum Gasteiger partial charge on any atom is 0.264 e. The van der Waals surface area contributed by atoms with Crippen molar-refractivity contribution in [1.82, 2.24) is 9.71 Å². The van der Waals surface area contributed by atoms with Gasteiger partial charge < -0.3 is 9.84 Å². The number of ether oxygens (including phenoxy) is 1. The van der Waals surface area contributed by atoms with Crippen LogP contribution in [0.4, 0.5) is 0 Å². The number of ketones is 1. The summed E-state index contributed by atoms with van der Waals surface area (Å²) in [5.41, 5.74) is -1.34. The topological polar surface area (TPSA) is 106 Å². The number of Topliss-reactive ketones (excluding diaryl/α,β-unsaturated/α-hetero) is 1. The summed E-state index contributed by atoms with van der Waals surface area (Å²) in [5.74, 6) is -2.08. The molecule has 8 heteroatoms. The lowest BCUT2D eigenvalue weighted by Crippen LogP contribution is -2.33. The maximum atomic E-state index is 12.4. The van der Waals surface area contributed by atoms with E-state index in [1.165, 1.54) is 25.3 Å². The number of nitrogens with one attached hydrogen (secondary N) is 1. The summed E-state index contributed by atoms with van der Waals surface area (Å²) in [6, 6.07) is 12.4. The Hall–Kier alpha value is -2.87. The summed E-state index contributed by atoms with van der Waals surface area (Å²) in [6.07, 6.45) is 1.47. The summed E-state index contributed by atoms with van der Waals surface area (Å²) >= 11 is 0. The van der Waals surface area contributed by atoms with Crippen LogP contribution in [0.5, 0.6) is 0 Å². The van der Waals surface area contributed by atoms with Gasteiger partial charge >= 0.3 is 0 Å². The molecular weight excluding hydrogens is 332 g/mol. The second kappa shape index (κ2) is 5.64. The molecule has 1 aromatic carbocycles. The molecule has 2 aromatic rings. The van der Waals surface area contributed by atoms with Crippen LogP contribution in [0.2, 0.25) is 0 Å². The van der Waals surface area contributed by atoms with Gasteiger partial charge in [0.05, 0.1) is 10.6 Å². The van der Waals surface area contributed by atoms with E-state index in [0.29, 0.717) is 0 Å². The Morgan fingerprint density at radius 1 is 1.12 bits per heavy atom. The highest BCUT2D eigenvalue weighted by Crippen LogP contribution is 2.36. The predicted octanol–water partition coefficient (Wildman–Crippen LogP) is 1.60. The average molecular weight is 346 g/mol. The van der Waals surface area contributed by atoms with Gasteiger partial charge in [0.1, 0.15) is 0 Å². The molecule has 24 heavy (non-hydrogen) atoms. The molecule has 1 atom stereocenters. The first-order chi connectivity index (χ1) is 11.3. The van der Waals surface area contributed by atoms with Crippen molar-refractivity contribution >= 4 is 15.8 Å². The van der Waals surface area contributed by atoms with Crippen LogP contribution in [-0.4, -0.2) is 24.3 Å². The van der Waals surface area contributed by atoms with Crippen LogP contribution in [0.1, 0.15) is 12.6 Å². The summed E-state index contributed by atoms with van der Waals surface area (Å²) in [5, 5.41) is 10.0. The van der Waals surface area contributed by atoms with Gasteiger partial charge in [-0.1, -0.05) is 24.3 Å². The van der Waals surface area contributed by atoms with Crippen LogP contribution in [0.3, 0.4) is 0 Å². The van der Waals surface area contributed by atoms with Crippen LogP contribution in [0.15, 0.2) is 71.3 Å². The van der Waals surface area contributed by atoms with Gasteiger partial charge in [0, 0.05) is 6.20 Å². The molecule has 0 spiro atoms. The van der Waals surface area contributed by atoms with Crippen LogP contribution in [0, 0.1) is 0 Å². The zero-order chi connectivity index (χ0) is 17.4. The van der Waals surface area contributed by atoms with Crippen LogP contribution in [-0.2, 0) is 25.2 Å². The standard InChI is InChI=1S/C16H14N2O5S/c1-16(12-9-5-6-10-17-12)14(20)13(19)15(23-16)18-24(21,22)11-7-3-2-4-8-11/h2-10,18-19H,1H3. The first-order valence-electron chi connectivity index (χ1n) is 7.01. The van der Waals surface area contributed by atoms with Gasteiger partial charge in [0.2, 0.25) is 17.2 Å². The molecule has 0 aliphatic carbocycles. The van der Waals surface area contributed by atoms with E-state index in [1.54, 1.807) is 36.4 Å². The molecule has 1 aliphatic rings. The SMILES string of the molecule is CC1(c2ccccn2)OC(NS(=O)(=O)c2ccccc2)=C(O)C1=O. The third-order valence-electron chi connectivity index (χ3n) is 3.60. The number of nitrogens with zero attached hydrogens (tertiary/aromatic N) is 1. The van der Waals surface area contributed by atoms with Gasteiger partial charge in [0.15, 0.2) is 0 Å². The van der Waals surface area contributed by atoms with E-state index < -0.39 is 33.0 Å². The normalized spacial score (nSPS) is 20.8. The largest absolute Gasteiger partial charge is 0.501 e. The monoisotopic (exact) mass is 346 g/mol. The van der Waals surface area contributed by atoms with Crippen LogP contribution >= 0.6 is 0 Å². The molecule has 0 amide bonds. The molecule has 7 nitrogen and oxygen atoms in total. The number of pyridine rings is 1. The van der Waals surface area contributed by atoms with Crippen LogP contribution in [0.25, 0.3) is 0 Å². The molecule has 1 aliphatic heterocycles. The van der Waals surface area contributed by atoms with E-state index >= 15 is 0 Å². The lowest BCUT2D eigenvalue weighted by atomic mass is 9.96. The average Bonchev–Trinajstić information content (AvgIpc) is 2.81. The first-order valence-corrected chi connectivity index (χ1v) is 8.49. The maximum absolute atomic E-state index is 12.4. The van der Waals surface area contributed by atoms with E-state index in [-0.39, 0.29) is 10.6 Å². The Morgan fingerprint density at radius 3 is 2.42 bits per heavy atom. The molecule has 124 valence electrons. The molecular formula is C16H14N2O5S. The molecule has 1 unspecified atom stereocenters. The molecule has 1 aromatic heterocycles. The summed E-state index contributed by atoms with van der Waals surface area (Å²) < 4.78 is 32.2. The molecule has 0 bridgehead atoms. The molecule has 2 N–H and O–H groups in total. The Bertz CT molecular complexity index is 910. The zero-order valence-electron chi connectivity index (χ0n) is 12.6. The second-order valence-corrected chi connectivity index (χ2v) is 6.96. The van der Waals surface area contributed by atoms with E-state index in [0.717, 1.165) is 0 Å². The third kappa shape index (κ3) is 2.61. The van der Waals surface area contributed by atoms with Gasteiger partial charge in [-0.05, 0) is 31.2 Å². The highest BCUT2D eigenvalue weighted by molar-refractivity contribution is 7.89. The Labute approximate surface area is 138 Å². The van der Waals surface area contributed by atoms with Crippen molar-refractivity contribution in [3.63, 3.8) is 0 Å². The van der Waals surface area contributed by atoms with Gasteiger partial charge in [-0.3, -0.25) is 9.78 Å². The smallest absolute Gasteiger partial charge is 0.264 e. The quantitative estimate of drug-likeness (QED) is 0.871. The number of rotatable bonds is 4. The number of hydrogen-bond acceptors (Lipinski definition) is 6. The van der Waals surface area contributed by atoms with Crippen molar-refractivity contribution in [3.8, 4) is 0 Å². The molecule has 0 saturated heterocycles. The Kier molecular flexibility index (Phi) is 3.76. The summed E-state index contributed by atoms with van der Waals surface area (Å²) in [4.78, 5) is 16.4. The lowest BCUT2D eigenvalue weighted by molar-refractivity contribution is -0.132. The van der Waals surface area contributed by atoms with Gasteiger partial charge in [-0.15, -0.1) is 0 Å². The fraction of sp³-hybridized carbons (Fsp3) is 0.125. The van der Waals surface area contributed by atoms with E-state index in [4.69, 9.17) is 4.74 Å². The van der Waals surface area contributed by atoms with Gasteiger partial charge in [-0.2, -0.15) is 0 Å². The van der Waals surface area contributed by atoms with Crippen molar-refractivity contribution in [3.05, 3.63) is 72.1 Å². The fourth-order valence-electron chi connectivity index (χ4n) is 2.29. The number of hydrogen-bond donors (Lipinski definition) is 2. The molecule has 3 rings (SSSR count). The minimum atomic E-state index is -4.00. The first kappa shape index (κ1) is 16.0. The van der Waals surface area contributed by atoms with Crippen molar-refractivity contribution in [2.24, 2.45) is 0 Å². The molecule has 0 radical (unpaired) electrons. The minimum Gasteiger partial charge on any atom is -0.501 e. The highest BCUT2D eigenvalue weighted by atomic mass is 32.2. The summed E-state index contributed by atoms with van der Waals surface area (Å²) in [7, 11) is -4.00. The number of carbonyl (C=O) groups excluding carboxylic acids is 1. The van der Waals surface area contributed by atoms with Crippen molar-refractivity contribution in [2.75, 3.05) is 0 Å².